The fourth-order valence-corrected chi connectivity index (χ4v) is 3.90. The van der Waals surface area contributed by atoms with E-state index in [1.807, 2.05) is 6.92 Å². The fraction of sp³-hybridized carbons (Fsp3) is 0.875. The van der Waals surface area contributed by atoms with Crippen molar-refractivity contribution < 1.29 is 9.59 Å². The van der Waals surface area contributed by atoms with Crippen molar-refractivity contribution in [2.75, 3.05) is 6.54 Å². The maximum absolute atomic E-state index is 12.5. The SMILES string of the molecule is CCCC1CCC(CN)C(N2C(=O)NC(CCC)C2=O)C1. The maximum atomic E-state index is 12.5. The minimum Gasteiger partial charge on any atom is -0.330 e. The molecule has 2 rings (SSSR count). The van der Waals surface area contributed by atoms with E-state index in [1.165, 1.54) is 17.7 Å². The predicted octanol–water partition coefficient (Wildman–Crippen LogP) is 2.25. The summed E-state index contributed by atoms with van der Waals surface area (Å²) in [4.78, 5) is 26.3. The lowest BCUT2D eigenvalue weighted by Gasteiger charge is -2.39. The first-order valence-corrected chi connectivity index (χ1v) is 8.45. The molecular weight excluding hydrogens is 266 g/mol. The van der Waals surface area contributed by atoms with Crippen LogP contribution in [-0.4, -0.2) is 35.5 Å². The fourth-order valence-electron chi connectivity index (χ4n) is 3.90. The summed E-state index contributed by atoms with van der Waals surface area (Å²) in [5.41, 5.74) is 5.90. The monoisotopic (exact) mass is 295 g/mol. The molecule has 2 aliphatic rings. The van der Waals surface area contributed by atoms with Crippen LogP contribution >= 0.6 is 0 Å². The summed E-state index contributed by atoms with van der Waals surface area (Å²) in [7, 11) is 0. The molecule has 21 heavy (non-hydrogen) atoms. The number of hydrogen-bond donors (Lipinski definition) is 2. The smallest absolute Gasteiger partial charge is 0.325 e. The number of nitrogens with zero attached hydrogens (tertiary/aromatic N) is 1. The van der Waals surface area contributed by atoms with Gasteiger partial charge in [-0.2, -0.15) is 0 Å². The van der Waals surface area contributed by atoms with Crippen molar-refractivity contribution in [1.29, 1.82) is 0 Å². The predicted molar refractivity (Wildman–Crippen MR) is 82.7 cm³/mol. The molecule has 1 aliphatic heterocycles. The molecular formula is C16H29N3O2. The highest BCUT2D eigenvalue weighted by Gasteiger charge is 2.45. The minimum absolute atomic E-state index is 0.00495. The highest BCUT2D eigenvalue weighted by Crippen LogP contribution is 2.35. The Morgan fingerprint density at radius 3 is 2.52 bits per heavy atom. The standard InChI is InChI=1S/C16H29N3O2/c1-3-5-11-7-8-12(10-17)14(9-11)19-15(20)13(6-4-2)18-16(19)21/h11-14H,3-10,17H2,1-2H3,(H,18,21). The highest BCUT2D eigenvalue weighted by molar-refractivity contribution is 6.04. The van der Waals surface area contributed by atoms with E-state index in [-0.39, 0.29) is 29.9 Å². The number of imide groups is 1. The van der Waals surface area contributed by atoms with E-state index in [0.717, 1.165) is 32.1 Å². The Kier molecular flexibility index (Phi) is 5.62. The second-order valence-electron chi connectivity index (χ2n) is 6.53. The van der Waals surface area contributed by atoms with E-state index in [9.17, 15) is 9.59 Å². The van der Waals surface area contributed by atoms with Crippen LogP contribution in [0, 0.1) is 11.8 Å². The van der Waals surface area contributed by atoms with Gasteiger partial charge in [0.25, 0.3) is 5.91 Å². The normalized spacial score (nSPS) is 33.4. The summed E-state index contributed by atoms with van der Waals surface area (Å²) in [5.74, 6) is 0.837. The van der Waals surface area contributed by atoms with Crippen LogP contribution < -0.4 is 11.1 Å². The summed E-state index contributed by atoms with van der Waals surface area (Å²) in [5, 5.41) is 2.84. The molecule has 0 bridgehead atoms. The van der Waals surface area contributed by atoms with E-state index in [1.54, 1.807) is 0 Å². The third-order valence-electron chi connectivity index (χ3n) is 5.03. The van der Waals surface area contributed by atoms with Gasteiger partial charge in [-0.25, -0.2) is 4.79 Å². The van der Waals surface area contributed by atoms with Crippen molar-refractivity contribution in [3.8, 4) is 0 Å². The van der Waals surface area contributed by atoms with Crippen LogP contribution in [0.1, 0.15) is 58.8 Å². The molecule has 5 nitrogen and oxygen atoms in total. The molecule has 0 aromatic heterocycles. The number of carbonyl (C=O) groups is 2. The molecule has 0 aromatic carbocycles. The quantitative estimate of drug-likeness (QED) is 0.738. The summed E-state index contributed by atoms with van der Waals surface area (Å²) in [6.07, 6.45) is 7.08. The van der Waals surface area contributed by atoms with Gasteiger partial charge in [0, 0.05) is 6.04 Å². The Labute approximate surface area is 127 Å². The largest absolute Gasteiger partial charge is 0.330 e. The molecule has 1 heterocycles. The summed E-state index contributed by atoms with van der Waals surface area (Å²) < 4.78 is 0. The van der Waals surface area contributed by atoms with Gasteiger partial charge in [0.1, 0.15) is 6.04 Å². The van der Waals surface area contributed by atoms with Gasteiger partial charge in [0.15, 0.2) is 0 Å². The van der Waals surface area contributed by atoms with Gasteiger partial charge in [-0.15, -0.1) is 0 Å². The topological polar surface area (TPSA) is 75.4 Å². The average Bonchev–Trinajstić information content (AvgIpc) is 2.74. The van der Waals surface area contributed by atoms with Crippen LogP contribution in [0.15, 0.2) is 0 Å². The van der Waals surface area contributed by atoms with Crippen molar-refractivity contribution in [3.05, 3.63) is 0 Å². The lowest BCUT2D eigenvalue weighted by molar-refractivity contribution is -0.130. The molecule has 0 radical (unpaired) electrons. The summed E-state index contributed by atoms with van der Waals surface area (Å²) in [6.45, 7) is 4.77. The van der Waals surface area contributed by atoms with Crippen molar-refractivity contribution in [3.63, 3.8) is 0 Å². The number of amides is 3. The van der Waals surface area contributed by atoms with Crippen LogP contribution in [0.2, 0.25) is 0 Å². The van der Waals surface area contributed by atoms with Crippen molar-refractivity contribution >= 4 is 11.9 Å². The first-order valence-electron chi connectivity index (χ1n) is 8.45. The Morgan fingerprint density at radius 1 is 1.19 bits per heavy atom. The number of rotatable bonds is 6. The highest BCUT2D eigenvalue weighted by atomic mass is 16.2. The van der Waals surface area contributed by atoms with Crippen LogP contribution in [0.5, 0.6) is 0 Å². The van der Waals surface area contributed by atoms with Gasteiger partial charge in [-0.05, 0) is 44.1 Å². The molecule has 4 atom stereocenters. The van der Waals surface area contributed by atoms with Gasteiger partial charge in [0.05, 0.1) is 0 Å². The van der Waals surface area contributed by atoms with Crippen molar-refractivity contribution in [2.24, 2.45) is 17.6 Å². The van der Waals surface area contributed by atoms with Crippen LogP contribution in [0.3, 0.4) is 0 Å². The van der Waals surface area contributed by atoms with Gasteiger partial charge < -0.3 is 11.1 Å². The van der Waals surface area contributed by atoms with Crippen molar-refractivity contribution in [1.82, 2.24) is 10.2 Å². The Hall–Kier alpha value is -1.10. The van der Waals surface area contributed by atoms with E-state index in [4.69, 9.17) is 5.73 Å². The average molecular weight is 295 g/mol. The van der Waals surface area contributed by atoms with E-state index < -0.39 is 0 Å². The first-order chi connectivity index (χ1) is 10.1. The van der Waals surface area contributed by atoms with Gasteiger partial charge in [-0.1, -0.05) is 33.1 Å². The lowest BCUT2D eigenvalue weighted by atomic mass is 9.76. The third kappa shape index (κ3) is 3.39. The minimum atomic E-state index is -0.326. The Morgan fingerprint density at radius 2 is 1.90 bits per heavy atom. The van der Waals surface area contributed by atoms with E-state index >= 15 is 0 Å². The van der Waals surface area contributed by atoms with Crippen LogP contribution in [0.4, 0.5) is 4.79 Å². The first kappa shape index (κ1) is 16.3. The molecule has 1 saturated heterocycles. The number of nitrogens with one attached hydrogen (secondary N) is 1. The molecule has 2 fully saturated rings. The van der Waals surface area contributed by atoms with Gasteiger partial charge in [0.2, 0.25) is 0 Å². The zero-order valence-corrected chi connectivity index (χ0v) is 13.3. The Bertz CT molecular complexity index is 386. The third-order valence-corrected chi connectivity index (χ3v) is 5.03. The summed E-state index contributed by atoms with van der Waals surface area (Å²) >= 11 is 0. The maximum Gasteiger partial charge on any atom is 0.325 e. The Balaban J connectivity index is 2.12. The van der Waals surface area contributed by atoms with Crippen LogP contribution in [0.25, 0.3) is 0 Å². The summed E-state index contributed by atoms with van der Waals surface area (Å²) in [6, 6.07) is -0.541. The molecule has 3 N–H and O–H groups in total. The van der Waals surface area contributed by atoms with Crippen LogP contribution in [-0.2, 0) is 4.79 Å². The molecule has 0 spiro atoms. The second kappa shape index (κ2) is 7.25. The number of urea groups is 1. The molecule has 3 amide bonds. The number of carbonyl (C=O) groups excluding carboxylic acids is 2. The van der Waals surface area contributed by atoms with E-state index in [0.29, 0.717) is 12.5 Å². The molecule has 5 heteroatoms. The zero-order chi connectivity index (χ0) is 15.4. The molecule has 0 aromatic rings. The van der Waals surface area contributed by atoms with Gasteiger partial charge in [-0.3, -0.25) is 9.69 Å². The zero-order valence-electron chi connectivity index (χ0n) is 13.3. The van der Waals surface area contributed by atoms with E-state index in [2.05, 4.69) is 12.2 Å². The molecule has 4 unspecified atom stereocenters. The molecule has 120 valence electrons. The lowest BCUT2D eigenvalue weighted by Crippen LogP contribution is -2.50. The molecule has 1 saturated carbocycles. The van der Waals surface area contributed by atoms with Crippen molar-refractivity contribution in [2.45, 2.75) is 70.9 Å². The van der Waals surface area contributed by atoms with Gasteiger partial charge >= 0.3 is 6.03 Å². The second-order valence-corrected chi connectivity index (χ2v) is 6.53. The number of hydrogen-bond acceptors (Lipinski definition) is 3. The molecule has 1 aliphatic carbocycles. The number of nitrogens with two attached hydrogens (primary N) is 1.